The van der Waals surface area contributed by atoms with Crippen LogP contribution in [-0.2, 0) is 0 Å². The summed E-state index contributed by atoms with van der Waals surface area (Å²) in [4.78, 5) is 11.9. The number of fused-ring (bicyclic) bond motifs is 1. The van der Waals surface area contributed by atoms with E-state index in [1.807, 2.05) is 36.5 Å². The van der Waals surface area contributed by atoms with Crippen LogP contribution >= 0.6 is 0 Å². The molecule has 1 saturated carbocycles. The summed E-state index contributed by atoms with van der Waals surface area (Å²) < 4.78 is 0. The van der Waals surface area contributed by atoms with E-state index in [0.717, 1.165) is 29.5 Å². The minimum atomic E-state index is 0.391. The SMILES string of the molecule is CC1CC(N2CC=Cc3cnc(Nc4ccccc4)nc32)CC(C)(C)C1. The quantitative estimate of drug-likeness (QED) is 0.820. The fourth-order valence-corrected chi connectivity index (χ4v) is 4.68. The van der Waals surface area contributed by atoms with Gasteiger partial charge in [0.1, 0.15) is 5.82 Å². The smallest absolute Gasteiger partial charge is 0.229 e. The summed E-state index contributed by atoms with van der Waals surface area (Å²) in [5.41, 5.74) is 2.52. The van der Waals surface area contributed by atoms with Crippen molar-refractivity contribution in [2.24, 2.45) is 11.3 Å². The second kappa shape index (κ2) is 6.75. The summed E-state index contributed by atoms with van der Waals surface area (Å²) >= 11 is 0. The fourth-order valence-electron chi connectivity index (χ4n) is 4.68. The molecule has 4 heteroatoms. The number of rotatable bonds is 3. The van der Waals surface area contributed by atoms with Gasteiger partial charge in [-0.2, -0.15) is 4.98 Å². The highest BCUT2D eigenvalue weighted by Gasteiger charge is 2.36. The van der Waals surface area contributed by atoms with Crippen LogP contribution < -0.4 is 10.2 Å². The van der Waals surface area contributed by atoms with Gasteiger partial charge in [0.2, 0.25) is 5.95 Å². The molecule has 2 heterocycles. The molecule has 0 amide bonds. The molecule has 2 atom stereocenters. The lowest BCUT2D eigenvalue weighted by atomic mass is 9.70. The van der Waals surface area contributed by atoms with E-state index in [-0.39, 0.29) is 0 Å². The molecule has 136 valence electrons. The summed E-state index contributed by atoms with van der Waals surface area (Å²) in [7, 11) is 0. The van der Waals surface area contributed by atoms with Crippen LogP contribution in [0.4, 0.5) is 17.5 Å². The molecular formula is C22H28N4. The number of para-hydroxylation sites is 1. The molecule has 0 spiro atoms. The van der Waals surface area contributed by atoms with Crippen LogP contribution in [0.3, 0.4) is 0 Å². The van der Waals surface area contributed by atoms with Crippen LogP contribution in [0, 0.1) is 11.3 Å². The van der Waals surface area contributed by atoms with Gasteiger partial charge in [-0.15, -0.1) is 0 Å². The maximum atomic E-state index is 4.89. The molecule has 2 unspecified atom stereocenters. The molecule has 1 aliphatic carbocycles. The van der Waals surface area contributed by atoms with Crippen molar-refractivity contribution in [3.8, 4) is 0 Å². The molecule has 0 saturated heterocycles. The van der Waals surface area contributed by atoms with E-state index in [9.17, 15) is 0 Å². The Labute approximate surface area is 156 Å². The van der Waals surface area contributed by atoms with E-state index in [1.165, 1.54) is 19.3 Å². The van der Waals surface area contributed by atoms with Crippen LogP contribution in [-0.4, -0.2) is 22.6 Å². The highest BCUT2D eigenvalue weighted by Crippen LogP contribution is 2.42. The number of aromatic nitrogens is 2. The van der Waals surface area contributed by atoms with E-state index in [2.05, 4.69) is 48.1 Å². The van der Waals surface area contributed by atoms with Gasteiger partial charge in [-0.1, -0.05) is 51.1 Å². The van der Waals surface area contributed by atoms with Crippen LogP contribution in [0.25, 0.3) is 6.08 Å². The molecular weight excluding hydrogens is 320 g/mol. The average molecular weight is 348 g/mol. The van der Waals surface area contributed by atoms with Crippen LogP contribution in [0.15, 0.2) is 42.6 Å². The van der Waals surface area contributed by atoms with Gasteiger partial charge in [0.05, 0.1) is 0 Å². The Kier molecular flexibility index (Phi) is 4.43. The first kappa shape index (κ1) is 17.1. The van der Waals surface area contributed by atoms with Crippen LogP contribution in [0.5, 0.6) is 0 Å². The number of benzene rings is 1. The van der Waals surface area contributed by atoms with Crippen LogP contribution in [0.1, 0.15) is 45.6 Å². The van der Waals surface area contributed by atoms with E-state index < -0.39 is 0 Å². The monoisotopic (exact) mass is 348 g/mol. The molecule has 0 bridgehead atoms. The topological polar surface area (TPSA) is 41.1 Å². The minimum Gasteiger partial charge on any atom is -0.349 e. The number of anilines is 3. The van der Waals surface area contributed by atoms with Crippen molar-refractivity contribution in [1.29, 1.82) is 0 Å². The van der Waals surface area contributed by atoms with Gasteiger partial charge in [-0.05, 0) is 42.7 Å². The highest BCUT2D eigenvalue weighted by atomic mass is 15.3. The predicted molar refractivity (Wildman–Crippen MR) is 109 cm³/mol. The lowest BCUT2D eigenvalue weighted by Crippen LogP contribution is -2.45. The molecule has 4 nitrogen and oxygen atoms in total. The second-order valence-corrected chi connectivity index (χ2v) is 8.59. The number of hydrogen-bond donors (Lipinski definition) is 1. The van der Waals surface area contributed by atoms with Crippen LogP contribution in [0.2, 0.25) is 0 Å². The highest BCUT2D eigenvalue weighted by molar-refractivity contribution is 5.69. The molecule has 4 rings (SSSR count). The van der Waals surface area contributed by atoms with Gasteiger partial charge in [0, 0.05) is 30.0 Å². The third-order valence-corrected chi connectivity index (χ3v) is 5.50. The maximum Gasteiger partial charge on any atom is 0.229 e. The average Bonchev–Trinajstić information content (AvgIpc) is 2.60. The van der Waals surface area contributed by atoms with Gasteiger partial charge in [-0.3, -0.25) is 0 Å². The van der Waals surface area contributed by atoms with E-state index in [1.54, 1.807) is 0 Å². The molecule has 2 aliphatic rings. The first-order valence-electron chi connectivity index (χ1n) is 9.62. The van der Waals surface area contributed by atoms with Gasteiger partial charge in [-0.25, -0.2) is 4.98 Å². The Balaban J connectivity index is 1.62. The summed E-state index contributed by atoms with van der Waals surface area (Å²) in [5.74, 6) is 2.48. The van der Waals surface area contributed by atoms with E-state index in [0.29, 0.717) is 17.4 Å². The third kappa shape index (κ3) is 3.59. The third-order valence-electron chi connectivity index (χ3n) is 5.50. The van der Waals surface area contributed by atoms with Crippen molar-refractivity contribution in [2.75, 3.05) is 16.8 Å². The van der Waals surface area contributed by atoms with E-state index in [4.69, 9.17) is 4.98 Å². The lowest BCUT2D eigenvalue weighted by molar-refractivity contribution is 0.165. The summed E-state index contributed by atoms with van der Waals surface area (Å²) in [5, 5.41) is 3.33. The molecule has 1 fully saturated rings. The van der Waals surface area contributed by atoms with Crippen molar-refractivity contribution in [3.05, 3.63) is 48.2 Å². The van der Waals surface area contributed by atoms with Gasteiger partial charge >= 0.3 is 0 Å². The summed E-state index contributed by atoms with van der Waals surface area (Å²) in [6, 6.07) is 10.6. The molecule has 1 aliphatic heterocycles. The number of nitrogens with zero attached hydrogens (tertiary/aromatic N) is 3. The number of nitrogens with one attached hydrogen (secondary N) is 1. The fraction of sp³-hybridized carbons (Fsp3) is 0.455. The van der Waals surface area contributed by atoms with Crippen molar-refractivity contribution < 1.29 is 0 Å². The first-order valence-corrected chi connectivity index (χ1v) is 9.62. The zero-order valence-electron chi connectivity index (χ0n) is 15.9. The van der Waals surface area contributed by atoms with Crippen molar-refractivity contribution in [2.45, 2.75) is 46.1 Å². The molecule has 1 aromatic heterocycles. The molecule has 0 radical (unpaired) electrons. The number of hydrogen-bond acceptors (Lipinski definition) is 4. The molecule has 26 heavy (non-hydrogen) atoms. The molecule has 1 aromatic carbocycles. The maximum absolute atomic E-state index is 4.89. The zero-order valence-corrected chi connectivity index (χ0v) is 15.9. The van der Waals surface area contributed by atoms with Gasteiger partial charge in [0.15, 0.2) is 0 Å². The largest absolute Gasteiger partial charge is 0.349 e. The normalized spacial score (nSPS) is 24.2. The Morgan fingerprint density at radius 3 is 2.73 bits per heavy atom. The van der Waals surface area contributed by atoms with Gasteiger partial charge < -0.3 is 10.2 Å². The Bertz CT molecular complexity index is 797. The Hall–Kier alpha value is -2.36. The standard InChI is InChI=1S/C22H28N4/c1-16-12-19(14-22(2,3)13-16)26-11-7-8-17-15-23-21(25-20(17)26)24-18-9-5-4-6-10-18/h4-10,15-16,19H,11-14H2,1-3H3,(H,23,24,25). The molecule has 2 aromatic rings. The van der Waals surface area contributed by atoms with Gasteiger partial charge in [0.25, 0.3) is 0 Å². The van der Waals surface area contributed by atoms with Crippen molar-refractivity contribution in [3.63, 3.8) is 0 Å². The predicted octanol–water partition coefficient (Wildman–Crippen LogP) is 5.27. The van der Waals surface area contributed by atoms with Crippen molar-refractivity contribution >= 4 is 23.5 Å². The zero-order chi connectivity index (χ0) is 18.1. The molecule has 1 N–H and O–H groups in total. The van der Waals surface area contributed by atoms with Crippen molar-refractivity contribution in [1.82, 2.24) is 9.97 Å². The second-order valence-electron chi connectivity index (χ2n) is 8.59. The minimum absolute atomic E-state index is 0.391. The van der Waals surface area contributed by atoms with E-state index >= 15 is 0 Å². The lowest BCUT2D eigenvalue weighted by Gasteiger charge is -2.45. The Morgan fingerprint density at radius 2 is 1.96 bits per heavy atom. The summed E-state index contributed by atoms with van der Waals surface area (Å²) in [6.07, 6.45) is 10.1. The summed E-state index contributed by atoms with van der Waals surface area (Å²) in [6.45, 7) is 8.12. The first-order chi connectivity index (χ1) is 12.5. The Morgan fingerprint density at radius 1 is 1.15 bits per heavy atom.